The van der Waals surface area contributed by atoms with Crippen LogP contribution in [0.3, 0.4) is 0 Å². The SMILES string of the molecule is O=C(CCc1ncc(-c2ccc(Cl)cc2Cl)o1)N(Cc1cccs1)C1CC1. The van der Waals surface area contributed by atoms with Gasteiger partial charge in [-0.05, 0) is 42.5 Å². The van der Waals surface area contributed by atoms with Crippen molar-refractivity contribution in [3.05, 3.63) is 62.7 Å². The number of oxazole rings is 1. The number of amides is 1. The highest BCUT2D eigenvalue weighted by Gasteiger charge is 2.32. The smallest absolute Gasteiger partial charge is 0.223 e. The van der Waals surface area contributed by atoms with Gasteiger partial charge in [0.25, 0.3) is 0 Å². The Bertz CT molecular complexity index is 935. The van der Waals surface area contributed by atoms with Crippen LogP contribution in [0.25, 0.3) is 11.3 Å². The first-order valence-electron chi connectivity index (χ1n) is 8.82. The molecule has 0 aliphatic heterocycles. The number of nitrogens with zero attached hydrogens (tertiary/aromatic N) is 2. The van der Waals surface area contributed by atoms with Gasteiger partial charge in [-0.1, -0.05) is 29.3 Å². The predicted molar refractivity (Wildman–Crippen MR) is 108 cm³/mol. The lowest BCUT2D eigenvalue weighted by Crippen LogP contribution is -2.32. The first-order chi connectivity index (χ1) is 13.1. The average Bonchev–Trinajstić information content (AvgIpc) is 3.15. The number of thiophene rings is 1. The molecule has 1 aliphatic rings. The van der Waals surface area contributed by atoms with Crippen LogP contribution in [0.4, 0.5) is 0 Å². The zero-order valence-electron chi connectivity index (χ0n) is 14.5. The number of hydrogen-bond acceptors (Lipinski definition) is 4. The van der Waals surface area contributed by atoms with Crippen molar-refractivity contribution in [3.8, 4) is 11.3 Å². The minimum absolute atomic E-state index is 0.148. The number of aryl methyl sites for hydroxylation is 1. The molecule has 0 radical (unpaired) electrons. The molecule has 1 amide bonds. The second kappa shape index (κ2) is 8.05. The second-order valence-electron chi connectivity index (χ2n) is 6.57. The lowest BCUT2D eigenvalue weighted by Gasteiger charge is -2.21. The summed E-state index contributed by atoms with van der Waals surface area (Å²) >= 11 is 13.8. The molecule has 7 heteroatoms. The molecule has 140 valence electrons. The molecular weight excluding hydrogens is 403 g/mol. The fraction of sp³-hybridized carbons (Fsp3) is 0.300. The molecule has 2 heterocycles. The number of carbonyl (C=O) groups is 1. The number of benzene rings is 1. The summed E-state index contributed by atoms with van der Waals surface area (Å²) in [6, 6.07) is 9.70. The van der Waals surface area contributed by atoms with Gasteiger partial charge in [0.15, 0.2) is 11.7 Å². The molecule has 1 saturated carbocycles. The van der Waals surface area contributed by atoms with Crippen LogP contribution in [0.5, 0.6) is 0 Å². The largest absolute Gasteiger partial charge is 0.441 e. The maximum absolute atomic E-state index is 12.7. The topological polar surface area (TPSA) is 46.3 Å². The first kappa shape index (κ1) is 18.5. The molecule has 3 aromatic rings. The highest BCUT2D eigenvalue weighted by atomic mass is 35.5. The third-order valence-electron chi connectivity index (χ3n) is 4.52. The highest BCUT2D eigenvalue weighted by molar-refractivity contribution is 7.09. The zero-order chi connectivity index (χ0) is 18.8. The van der Waals surface area contributed by atoms with Gasteiger partial charge in [0.1, 0.15) is 0 Å². The number of rotatable bonds is 7. The molecule has 1 fully saturated rings. The van der Waals surface area contributed by atoms with E-state index in [1.165, 1.54) is 4.88 Å². The standard InChI is InChI=1S/C20H18Cl2N2O2S/c21-13-3-6-16(17(22)10-13)18-11-23-19(26-18)7-8-20(25)24(14-4-5-14)12-15-2-1-9-27-15/h1-3,6,9-11,14H,4-5,7-8,12H2. The van der Waals surface area contributed by atoms with Crippen molar-refractivity contribution in [1.29, 1.82) is 0 Å². The van der Waals surface area contributed by atoms with Gasteiger partial charge in [-0.2, -0.15) is 0 Å². The fourth-order valence-corrected chi connectivity index (χ4v) is 4.18. The molecule has 27 heavy (non-hydrogen) atoms. The normalized spacial score (nSPS) is 13.7. The molecule has 1 aliphatic carbocycles. The average molecular weight is 421 g/mol. The van der Waals surface area contributed by atoms with E-state index in [1.54, 1.807) is 35.7 Å². The number of carbonyl (C=O) groups excluding carboxylic acids is 1. The third kappa shape index (κ3) is 4.54. The summed E-state index contributed by atoms with van der Waals surface area (Å²) in [6.45, 7) is 0.693. The molecule has 0 bridgehead atoms. The predicted octanol–water partition coefficient (Wildman–Crippen LogP) is 5.83. The molecule has 0 N–H and O–H groups in total. The van der Waals surface area contributed by atoms with E-state index in [2.05, 4.69) is 11.1 Å². The van der Waals surface area contributed by atoms with Crippen LogP contribution in [0, 0.1) is 0 Å². The Morgan fingerprint density at radius 3 is 2.85 bits per heavy atom. The van der Waals surface area contributed by atoms with E-state index >= 15 is 0 Å². The minimum Gasteiger partial charge on any atom is -0.441 e. The van der Waals surface area contributed by atoms with Crippen LogP contribution in [-0.4, -0.2) is 21.8 Å². The summed E-state index contributed by atoms with van der Waals surface area (Å²) in [6.07, 6.45) is 4.68. The van der Waals surface area contributed by atoms with Crippen LogP contribution < -0.4 is 0 Å². The molecule has 0 spiro atoms. The summed E-state index contributed by atoms with van der Waals surface area (Å²) in [7, 11) is 0. The van der Waals surface area contributed by atoms with E-state index in [-0.39, 0.29) is 5.91 Å². The third-order valence-corrected chi connectivity index (χ3v) is 5.93. The number of halogens is 2. The molecule has 4 rings (SSSR count). The van der Waals surface area contributed by atoms with Crippen LogP contribution in [0.2, 0.25) is 10.0 Å². The number of aromatic nitrogens is 1. The van der Waals surface area contributed by atoms with Crippen molar-refractivity contribution in [2.24, 2.45) is 0 Å². The Morgan fingerprint density at radius 2 is 2.15 bits per heavy atom. The minimum atomic E-state index is 0.148. The van der Waals surface area contributed by atoms with Gasteiger partial charge in [0, 0.05) is 34.3 Å². The molecule has 0 atom stereocenters. The van der Waals surface area contributed by atoms with Crippen LogP contribution >= 0.6 is 34.5 Å². The molecular formula is C20H18Cl2N2O2S. The Labute approximate surface area is 171 Å². The summed E-state index contributed by atoms with van der Waals surface area (Å²) < 4.78 is 5.80. The van der Waals surface area contributed by atoms with E-state index < -0.39 is 0 Å². The Balaban J connectivity index is 1.39. The molecule has 0 unspecified atom stereocenters. The zero-order valence-corrected chi connectivity index (χ0v) is 16.9. The van der Waals surface area contributed by atoms with Gasteiger partial charge in [-0.25, -0.2) is 4.98 Å². The van der Waals surface area contributed by atoms with Crippen molar-refractivity contribution in [1.82, 2.24) is 9.88 Å². The van der Waals surface area contributed by atoms with Gasteiger partial charge >= 0.3 is 0 Å². The van der Waals surface area contributed by atoms with Crippen molar-refractivity contribution in [2.75, 3.05) is 0 Å². The van der Waals surface area contributed by atoms with Gasteiger partial charge in [0.05, 0.1) is 17.8 Å². The maximum atomic E-state index is 12.7. The van der Waals surface area contributed by atoms with E-state index in [1.807, 2.05) is 16.3 Å². The van der Waals surface area contributed by atoms with Gasteiger partial charge < -0.3 is 9.32 Å². The first-order valence-corrected chi connectivity index (χ1v) is 10.5. The highest BCUT2D eigenvalue weighted by Crippen LogP contribution is 2.32. The molecule has 0 saturated heterocycles. The number of hydrogen-bond donors (Lipinski definition) is 0. The van der Waals surface area contributed by atoms with Crippen LogP contribution in [0.1, 0.15) is 30.0 Å². The van der Waals surface area contributed by atoms with Gasteiger partial charge in [-0.15, -0.1) is 11.3 Å². The summed E-state index contributed by atoms with van der Waals surface area (Å²) in [5, 5.41) is 3.12. The van der Waals surface area contributed by atoms with Gasteiger partial charge in [-0.3, -0.25) is 4.79 Å². The van der Waals surface area contributed by atoms with Crippen LogP contribution in [-0.2, 0) is 17.8 Å². The summed E-state index contributed by atoms with van der Waals surface area (Å²) in [5.41, 5.74) is 0.739. The van der Waals surface area contributed by atoms with Crippen molar-refractivity contribution in [3.63, 3.8) is 0 Å². The fourth-order valence-electron chi connectivity index (χ4n) is 2.97. The molecule has 2 aromatic heterocycles. The summed E-state index contributed by atoms with van der Waals surface area (Å²) in [5.74, 6) is 1.27. The summed E-state index contributed by atoms with van der Waals surface area (Å²) in [4.78, 5) is 20.2. The van der Waals surface area contributed by atoms with Gasteiger partial charge in [0.2, 0.25) is 5.91 Å². The Hall–Kier alpha value is -1.82. The lowest BCUT2D eigenvalue weighted by molar-refractivity contribution is -0.132. The van der Waals surface area contributed by atoms with Crippen molar-refractivity contribution in [2.45, 2.75) is 38.3 Å². The monoisotopic (exact) mass is 420 g/mol. The molecule has 1 aromatic carbocycles. The van der Waals surface area contributed by atoms with E-state index in [0.29, 0.717) is 47.1 Å². The van der Waals surface area contributed by atoms with Crippen LogP contribution in [0.15, 0.2) is 46.3 Å². The maximum Gasteiger partial charge on any atom is 0.223 e. The van der Waals surface area contributed by atoms with E-state index in [4.69, 9.17) is 27.6 Å². The quantitative estimate of drug-likeness (QED) is 0.482. The van der Waals surface area contributed by atoms with Crippen molar-refractivity contribution >= 4 is 40.4 Å². The van der Waals surface area contributed by atoms with E-state index in [0.717, 1.165) is 18.4 Å². The van der Waals surface area contributed by atoms with Crippen molar-refractivity contribution < 1.29 is 9.21 Å². The van der Waals surface area contributed by atoms with E-state index in [9.17, 15) is 4.79 Å². The Morgan fingerprint density at radius 1 is 1.30 bits per heavy atom. The second-order valence-corrected chi connectivity index (χ2v) is 8.45. The Kier molecular flexibility index (Phi) is 5.53. The lowest BCUT2D eigenvalue weighted by atomic mass is 10.2. The molecule has 4 nitrogen and oxygen atoms in total.